The van der Waals surface area contributed by atoms with Crippen LogP contribution < -0.4 is 10.0 Å². The van der Waals surface area contributed by atoms with Gasteiger partial charge in [0.2, 0.25) is 0 Å². The molecule has 0 amide bonds. The topological polar surface area (TPSA) is 87.2 Å². The number of sulfonamides is 1. The van der Waals surface area contributed by atoms with Gasteiger partial charge in [-0.25, -0.2) is 22.8 Å². The number of benzene rings is 2. The monoisotopic (exact) mass is 523 g/mol. The molecular formula is C28H34FN5O2S. The molecule has 2 N–H and O–H groups in total. The van der Waals surface area contributed by atoms with E-state index in [0.717, 1.165) is 25.2 Å². The van der Waals surface area contributed by atoms with Gasteiger partial charge >= 0.3 is 0 Å². The van der Waals surface area contributed by atoms with Crippen LogP contribution in [0.1, 0.15) is 60.6 Å². The first-order valence-electron chi connectivity index (χ1n) is 12.8. The molecule has 0 aliphatic heterocycles. The Kier molecular flexibility index (Phi) is 7.18. The van der Waals surface area contributed by atoms with E-state index in [-0.39, 0.29) is 17.9 Å². The fraction of sp³-hybridized carbons (Fsp3) is 0.429. The first kappa shape index (κ1) is 25.6. The van der Waals surface area contributed by atoms with Crippen LogP contribution in [0.15, 0.2) is 59.9 Å². The number of hydrogen-bond acceptors (Lipinski definition) is 6. The van der Waals surface area contributed by atoms with Gasteiger partial charge in [-0.3, -0.25) is 4.72 Å². The fourth-order valence-corrected chi connectivity index (χ4v) is 6.59. The number of rotatable bonds is 8. The van der Waals surface area contributed by atoms with E-state index in [2.05, 4.69) is 63.3 Å². The zero-order chi connectivity index (χ0) is 26.2. The molecule has 196 valence electrons. The second-order valence-electron chi connectivity index (χ2n) is 10.5. The Morgan fingerprint density at radius 1 is 1.00 bits per heavy atom. The van der Waals surface area contributed by atoms with Crippen molar-refractivity contribution >= 4 is 21.5 Å². The molecule has 3 aromatic rings. The van der Waals surface area contributed by atoms with Crippen LogP contribution in [0.2, 0.25) is 0 Å². The lowest BCUT2D eigenvalue weighted by molar-refractivity contribution is 0.196. The molecule has 1 unspecified atom stereocenters. The maximum Gasteiger partial charge on any atom is 0.265 e. The first-order chi connectivity index (χ1) is 17.7. The van der Waals surface area contributed by atoms with Crippen molar-refractivity contribution < 1.29 is 12.8 Å². The quantitative estimate of drug-likeness (QED) is 0.418. The number of aryl methyl sites for hydroxylation is 1. The number of aromatic nitrogens is 2. The summed E-state index contributed by atoms with van der Waals surface area (Å²) in [6, 6.07) is 13.6. The molecule has 0 spiro atoms. The summed E-state index contributed by atoms with van der Waals surface area (Å²) < 4.78 is 43.1. The third kappa shape index (κ3) is 5.78. The predicted octanol–water partition coefficient (Wildman–Crippen LogP) is 5.28. The van der Waals surface area contributed by atoms with Crippen LogP contribution in [0.5, 0.6) is 0 Å². The van der Waals surface area contributed by atoms with E-state index in [1.807, 2.05) is 0 Å². The summed E-state index contributed by atoms with van der Waals surface area (Å²) in [7, 11) is 0.0400. The Labute approximate surface area is 218 Å². The highest BCUT2D eigenvalue weighted by Gasteiger charge is 2.34. The molecule has 5 rings (SSSR count). The number of likely N-dealkylation sites (N-methyl/N-ethyl adjacent to an activating group) is 1. The van der Waals surface area contributed by atoms with Crippen LogP contribution >= 0.6 is 0 Å². The van der Waals surface area contributed by atoms with Crippen LogP contribution in [0.25, 0.3) is 0 Å². The van der Waals surface area contributed by atoms with Crippen molar-refractivity contribution in [2.24, 2.45) is 0 Å². The van der Waals surface area contributed by atoms with Crippen LogP contribution in [0.4, 0.5) is 15.9 Å². The van der Waals surface area contributed by atoms with E-state index in [1.54, 1.807) is 6.92 Å². The summed E-state index contributed by atoms with van der Waals surface area (Å²) >= 11 is 0. The minimum Gasteiger partial charge on any atom is -0.380 e. The van der Waals surface area contributed by atoms with Crippen molar-refractivity contribution in [3.05, 3.63) is 77.5 Å². The van der Waals surface area contributed by atoms with Gasteiger partial charge in [-0.15, -0.1) is 0 Å². The number of hydrogen-bond donors (Lipinski definition) is 2. The zero-order valence-electron chi connectivity index (χ0n) is 21.5. The largest absolute Gasteiger partial charge is 0.380 e. The average molecular weight is 524 g/mol. The van der Waals surface area contributed by atoms with Crippen molar-refractivity contribution in [1.82, 2.24) is 14.9 Å². The van der Waals surface area contributed by atoms with Crippen molar-refractivity contribution in [1.29, 1.82) is 0 Å². The van der Waals surface area contributed by atoms with E-state index >= 15 is 4.39 Å². The first-order valence-corrected chi connectivity index (χ1v) is 14.3. The third-order valence-electron chi connectivity index (χ3n) is 7.64. The van der Waals surface area contributed by atoms with Gasteiger partial charge in [-0.1, -0.05) is 24.3 Å². The lowest BCUT2D eigenvalue weighted by Crippen LogP contribution is -2.47. The molecule has 2 aromatic carbocycles. The number of nitrogens with one attached hydrogen (secondary N) is 2. The summed E-state index contributed by atoms with van der Waals surface area (Å²) in [4.78, 5) is 9.47. The molecule has 3 atom stereocenters. The maximum atomic E-state index is 15.1. The zero-order valence-corrected chi connectivity index (χ0v) is 22.3. The molecule has 2 aliphatic rings. The highest BCUT2D eigenvalue weighted by molar-refractivity contribution is 7.92. The third-order valence-corrected chi connectivity index (χ3v) is 9.01. The molecule has 1 heterocycles. The molecular weight excluding hydrogens is 489 g/mol. The van der Waals surface area contributed by atoms with Gasteiger partial charge in [0.05, 0.1) is 0 Å². The van der Waals surface area contributed by atoms with E-state index in [1.165, 1.54) is 54.7 Å². The normalized spacial score (nSPS) is 22.1. The van der Waals surface area contributed by atoms with E-state index in [9.17, 15) is 8.42 Å². The second-order valence-corrected chi connectivity index (χ2v) is 12.2. The molecule has 0 radical (unpaired) electrons. The number of anilines is 2. The van der Waals surface area contributed by atoms with Crippen molar-refractivity contribution in [2.75, 3.05) is 24.1 Å². The Balaban J connectivity index is 1.32. The summed E-state index contributed by atoms with van der Waals surface area (Å²) in [6.45, 7) is 1.80. The van der Waals surface area contributed by atoms with Crippen LogP contribution in [-0.2, 0) is 10.0 Å². The Hall–Kier alpha value is -3.04. The van der Waals surface area contributed by atoms with Gasteiger partial charge in [0.25, 0.3) is 10.0 Å². The molecule has 0 saturated heterocycles. The summed E-state index contributed by atoms with van der Waals surface area (Å²) in [6.07, 6.45) is 8.24. The average Bonchev–Trinajstić information content (AvgIpc) is 3.72. The summed E-state index contributed by atoms with van der Waals surface area (Å²) in [5, 5.41) is 3.54. The fourth-order valence-electron chi connectivity index (χ4n) is 5.43. The second kappa shape index (κ2) is 10.4. The van der Waals surface area contributed by atoms with E-state index in [4.69, 9.17) is 0 Å². The molecule has 2 aliphatic carbocycles. The van der Waals surface area contributed by atoms with Gasteiger partial charge in [0, 0.05) is 24.0 Å². The molecule has 37 heavy (non-hydrogen) atoms. The molecule has 2 saturated carbocycles. The van der Waals surface area contributed by atoms with Gasteiger partial charge in [0.15, 0.2) is 0 Å². The van der Waals surface area contributed by atoms with E-state index < -0.39 is 20.7 Å². The predicted molar refractivity (Wildman–Crippen MR) is 144 cm³/mol. The van der Waals surface area contributed by atoms with Crippen molar-refractivity contribution in [2.45, 2.75) is 67.8 Å². The van der Waals surface area contributed by atoms with Crippen LogP contribution in [0.3, 0.4) is 0 Å². The smallest absolute Gasteiger partial charge is 0.265 e. The van der Waals surface area contributed by atoms with Gasteiger partial charge in [-0.2, -0.15) is 0 Å². The highest BCUT2D eigenvalue weighted by atomic mass is 32.2. The molecule has 1 aromatic heterocycles. The summed E-state index contributed by atoms with van der Waals surface area (Å²) in [5.41, 5.74) is 4.17. The molecule has 7 nitrogen and oxygen atoms in total. The Morgan fingerprint density at radius 2 is 1.73 bits per heavy atom. The highest BCUT2D eigenvalue weighted by Crippen LogP contribution is 2.42. The Morgan fingerprint density at radius 3 is 2.41 bits per heavy atom. The van der Waals surface area contributed by atoms with Gasteiger partial charge in [-0.05, 0) is 99.8 Å². The van der Waals surface area contributed by atoms with Gasteiger partial charge < -0.3 is 10.2 Å². The maximum absolute atomic E-state index is 15.1. The lowest BCUT2D eigenvalue weighted by atomic mass is 9.77. The number of nitrogens with zero attached hydrogens (tertiary/aromatic N) is 3. The van der Waals surface area contributed by atoms with E-state index in [0.29, 0.717) is 17.2 Å². The van der Waals surface area contributed by atoms with Crippen LogP contribution in [-0.4, -0.2) is 49.5 Å². The number of halogens is 1. The molecule has 2 fully saturated rings. The van der Waals surface area contributed by atoms with Crippen molar-refractivity contribution in [3.8, 4) is 0 Å². The standard InChI is InChI=1S/C28H34FN5O2S/c1-18-13-27(37(35,36)33-28-11-12-30-17-31-28)23(29)16-25(18)32-24-10-9-22(15-26(24)34(2)3)21-6-4-5-20(14-21)19-7-8-19/h4-6,11-14,16-17,19,22,24,26,32H,7-10,15H2,1-3H3,(H,30,31,33)/t22-,24?,26-/m0/s1. The lowest BCUT2D eigenvalue weighted by Gasteiger charge is -2.41. The summed E-state index contributed by atoms with van der Waals surface area (Å²) in [5.74, 6) is 0.509. The SMILES string of the molecule is Cc1cc(S(=O)(=O)Nc2ccncn2)c(F)cc1NC1CC[C@H](c2cccc(C3CC3)c2)C[C@@H]1N(C)C. The van der Waals surface area contributed by atoms with Crippen molar-refractivity contribution in [3.63, 3.8) is 0 Å². The molecule has 9 heteroatoms. The minimum atomic E-state index is -4.14. The van der Waals surface area contributed by atoms with Gasteiger partial charge in [0.1, 0.15) is 22.9 Å². The molecule has 0 bridgehead atoms. The minimum absolute atomic E-state index is 0.0857. The van der Waals surface area contributed by atoms with Crippen LogP contribution in [0, 0.1) is 12.7 Å². The Bertz CT molecular complexity index is 1360.